The van der Waals surface area contributed by atoms with Gasteiger partial charge in [-0.2, -0.15) is 0 Å². The van der Waals surface area contributed by atoms with Gasteiger partial charge in [0.15, 0.2) is 0 Å². The van der Waals surface area contributed by atoms with Crippen molar-refractivity contribution in [1.29, 1.82) is 0 Å². The molecule has 0 aromatic heterocycles. The predicted octanol–water partition coefficient (Wildman–Crippen LogP) is 0.751. The fourth-order valence-electron chi connectivity index (χ4n) is 2.36. The summed E-state index contributed by atoms with van der Waals surface area (Å²) in [6, 6.07) is 0. The summed E-state index contributed by atoms with van der Waals surface area (Å²) in [6.45, 7) is 5.58. The largest absolute Gasteiger partial charge is 0.348 e. The molecule has 2 rings (SSSR count). The van der Waals surface area contributed by atoms with Gasteiger partial charge in [-0.1, -0.05) is 13.3 Å². The number of carbonyl (C=O) groups is 1. The number of nitrogens with one attached hydrogen (secondary N) is 1. The lowest BCUT2D eigenvalue weighted by atomic mass is 9.88. The van der Waals surface area contributed by atoms with Gasteiger partial charge in [-0.25, -0.2) is 0 Å². The van der Waals surface area contributed by atoms with E-state index >= 15 is 0 Å². The third kappa shape index (κ3) is 1.70. The number of nitrogens with zero attached hydrogens (tertiary/aromatic N) is 1. The highest BCUT2D eigenvalue weighted by Crippen LogP contribution is 2.30. The normalized spacial score (nSPS) is 26.1. The van der Waals surface area contributed by atoms with Gasteiger partial charge in [0.1, 0.15) is 0 Å². The first-order chi connectivity index (χ1) is 6.24. The minimum absolute atomic E-state index is 0.185. The van der Waals surface area contributed by atoms with E-state index in [9.17, 15) is 4.79 Å². The molecule has 0 aromatic carbocycles. The van der Waals surface area contributed by atoms with Crippen LogP contribution in [0.5, 0.6) is 0 Å². The van der Waals surface area contributed by atoms with E-state index in [4.69, 9.17) is 0 Å². The molecule has 2 heterocycles. The van der Waals surface area contributed by atoms with Gasteiger partial charge in [-0.05, 0) is 19.4 Å². The molecule has 2 fully saturated rings. The topological polar surface area (TPSA) is 32.3 Å². The van der Waals surface area contributed by atoms with Gasteiger partial charge in [0.25, 0.3) is 0 Å². The number of carbonyl (C=O) groups excluding carboxylic acids is 1. The molecule has 3 heteroatoms. The Morgan fingerprint density at radius 1 is 1.54 bits per heavy atom. The van der Waals surface area contributed by atoms with Crippen molar-refractivity contribution < 1.29 is 4.79 Å². The molecule has 74 valence electrons. The molecule has 0 aromatic rings. The Kier molecular flexibility index (Phi) is 2.28. The molecule has 13 heavy (non-hydrogen) atoms. The lowest BCUT2D eigenvalue weighted by Crippen LogP contribution is -2.67. The Hall–Kier alpha value is -0.570. The van der Waals surface area contributed by atoms with Crippen LogP contribution < -0.4 is 5.32 Å². The SMILES string of the molecule is CCCCN1CC2(CCC(=O)N2)C1. The molecule has 1 N–H and O–H groups in total. The second kappa shape index (κ2) is 3.29. The quantitative estimate of drug-likeness (QED) is 0.698. The summed E-state index contributed by atoms with van der Waals surface area (Å²) < 4.78 is 0. The lowest BCUT2D eigenvalue weighted by molar-refractivity contribution is -0.120. The number of likely N-dealkylation sites (tertiary alicyclic amines) is 1. The minimum Gasteiger partial charge on any atom is -0.348 e. The van der Waals surface area contributed by atoms with Gasteiger partial charge in [0, 0.05) is 19.5 Å². The number of hydrogen-bond donors (Lipinski definition) is 1. The highest BCUT2D eigenvalue weighted by Gasteiger charge is 2.46. The highest BCUT2D eigenvalue weighted by atomic mass is 16.2. The maximum Gasteiger partial charge on any atom is 0.220 e. The molecule has 1 amide bonds. The Balaban J connectivity index is 1.74. The van der Waals surface area contributed by atoms with E-state index in [0.29, 0.717) is 0 Å². The summed E-state index contributed by atoms with van der Waals surface area (Å²) in [7, 11) is 0. The molecule has 2 saturated heterocycles. The van der Waals surface area contributed by atoms with Crippen molar-refractivity contribution in [3.05, 3.63) is 0 Å². The first kappa shape index (κ1) is 9.00. The lowest BCUT2D eigenvalue weighted by Gasteiger charge is -2.48. The molecular weight excluding hydrogens is 164 g/mol. The number of hydrogen-bond acceptors (Lipinski definition) is 2. The smallest absolute Gasteiger partial charge is 0.220 e. The van der Waals surface area contributed by atoms with Gasteiger partial charge >= 0.3 is 0 Å². The van der Waals surface area contributed by atoms with E-state index in [-0.39, 0.29) is 11.4 Å². The summed E-state index contributed by atoms with van der Waals surface area (Å²) in [6.07, 6.45) is 4.33. The van der Waals surface area contributed by atoms with Crippen LogP contribution in [0.15, 0.2) is 0 Å². The van der Waals surface area contributed by atoms with Crippen molar-refractivity contribution in [1.82, 2.24) is 10.2 Å². The van der Waals surface area contributed by atoms with E-state index < -0.39 is 0 Å². The number of amides is 1. The van der Waals surface area contributed by atoms with E-state index in [1.54, 1.807) is 0 Å². The van der Waals surface area contributed by atoms with Crippen LogP contribution in [-0.2, 0) is 4.79 Å². The monoisotopic (exact) mass is 182 g/mol. The molecule has 2 aliphatic heterocycles. The maximum absolute atomic E-state index is 11.0. The Labute approximate surface area is 79.5 Å². The minimum atomic E-state index is 0.185. The average molecular weight is 182 g/mol. The third-order valence-electron chi connectivity index (χ3n) is 3.12. The van der Waals surface area contributed by atoms with Gasteiger partial charge in [0.05, 0.1) is 5.54 Å². The van der Waals surface area contributed by atoms with Crippen LogP contribution in [0, 0.1) is 0 Å². The van der Waals surface area contributed by atoms with Crippen LogP contribution in [0.4, 0.5) is 0 Å². The second-order valence-corrected chi connectivity index (χ2v) is 4.39. The molecule has 3 nitrogen and oxygen atoms in total. The van der Waals surface area contributed by atoms with Crippen molar-refractivity contribution in [2.45, 2.75) is 38.1 Å². The predicted molar refractivity (Wildman–Crippen MR) is 51.5 cm³/mol. The molecule has 2 aliphatic rings. The van der Waals surface area contributed by atoms with Crippen molar-refractivity contribution in [3.8, 4) is 0 Å². The zero-order chi connectivity index (χ0) is 9.31. The highest BCUT2D eigenvalue weighted by molar-refractivity contribution is 5.79. The van der Waals surface area contributed by atoms with Gasteiger partial charge < -0.3 is 5.32 Å². The van der Waals surface area contributed by atoms with Crippen LogP contribution in [0.2, 0.25) is 0 Å². The molecule has 0 aliphatic carbocycles. The van der Waals surface area contributed by atoms with Crippen LogP contribution in [0.3, 0.4) is 0 Å². The fraction of sp³-hybridized carbons (Fsp3) is 0.900. The first-order valence-corrected chi connectivity index (χ1v) is 5.27. The van der Waals surface area contributed by atoms with Crippen molar-refractivity contribution in [2.75, 3.05) is 19.6 Å². The van der Waals surface area contributed by atoms with E-state index in [1.165, 1.54) is 19.4 Å². The first-order valence-electron chi connectivity index (χ1n) is 5.27. The van der Waals surface area contributed by atoms with Crippen molar-refractivity contribution in [3.63, 3.8) is 0 Å². The van der Waals surface area contributed by atoms with Crippen molar-refractivity contribution >= 4 is 5.91 Å². The fourth-order valence-corrected chi connectivity index (χ4v) is 2.36. The zero-order valence-electron chi connectivity index (χ0n) is 8.31. The number of rotatable bonds is 3. The summed E-state index contributed by atoms with van der Waals surface area (Å²) >= 11 is 0. The summed E-state index contributed by atoms with van der Waals surface area (Å²) in [5.74, 6) is 0.246. The van der Waals surface area contributed by atoms with Crippen LogP contribution in [-0.4, -0.2) is 36.0 Å². The van der Waals surface area contributed by atoms with E-state index in [2.05, 4.69) is 17.1 Å². The summed E-state index contributed by atoms with van der Waals surface area (Å²) in [4.78, 5) is 13.5. The molecule has 0 radical (unpaired) electrons. The molecule has 0 saturated carbocycles. The molecule has 0 bridgehead atoms. The maximum atomic E-state index is 11.0. The standard InChI is InChI=1S/C10H18N2O/c1-2-3-6-12-7-10(8-12)5-4-9(13)11-10/h2-8H2,1H3,(H,11,13). The number of unbranched alkanes of at least 4 members (excludes halogenated alkanes) is 1. The second-order valence-electron chi connectivity index (χ2n) is 4.39. The van der Waals surface area contributed by atoms with Crippen LogP contribution in [0.1, 0.15) is 32.6 Å². The average Bonchev–Trinajstić information content (AvgIpc) is 2.42. The third-order valence-corrected chi connectivity index (χ3v) is 3.12. The van der Waals surface area contributed by atoms with E-state index in [0.717, 1.165) is 25.9 Å². The zero-order valence-corrected chi connectivity index (χ0v) is 8.31. The molecule has 1 spiro atoms. The Morgan fingerprint density at radius 3 is 2.85 bits per heavy atom. The van der Waals surface area contributed by atoms with Crippen LogP contribution in [0.25, 0.3) is 0 Å². The van der Waals surface area contributed by atoms with Gasteiger partial charge in [-0.3, -0.25) is 9.69 Å². The summed E-state index contributed by atoms with van der Waals surface area (Å²) in [5.41, 5.74) is 0.185. The molecule has 0 unspecified atom stereocenters. The summed E-state index contributed by atoms with van der Waals surface area (Å²) in [5, 5.41) is 3.09. The molecule has 0 atom stereocenters. The Bertz CT molecular complexity index is 209. The van der Waals surface area contributed by atoms with Crippen molar-refractivity contribution in [2.24, 2.45) is 0 Å². The Morgan fingerprint density at radius 2 is 2.31 bits per heavy atom. The van der Waals surface area contributed by atoms with Gasteiger partial charge in [-0.15, -0.1) is 0 Å². The molecular formula is C10H18N2O. The van der Waals surface area contributed by atoms with Crippen LogP contribution >= 0.6 is 0 Å². The van der Waals surface area contributed by atoms with E-state index in [1.807, 2.05) is 0 Å². The van der Waals surface area contributed by atoms with Gasteiger partial charge in [0.2, 0.25) is 5.91 Å².